The SMILES string of the molecule is Cc1ccc(C(C)NC(=O)C2(C)CCCC2N)c(C)c1. The molecule has 3 atom stereocenters. The highest BCUT2D eigenvalue weighted by Crippen LogP contribution is 2.37. The minimum absolute atomic E-state index is 0.0196. The molecule has 0 heterocycles. The smallest absolute Gasteiger partial charge is 0.227 e. The van der Waals surface area contributed by atoms with E-state index in [1.165, 1.54) is 16.7 Å². The van der Waals surface area contributed by atoms with Crippen molar-refractivity contribution in [1.29, 1.82) is 0 Å². The predicted molar refractivity (Wildman–Crippen MR) is 82.4 cm³/mol. The maximum Gasteiger partial charge on any atom is 0.227 e. The lowest BCUT2D eigenvalue weighted by atomic mass is 9.83. The van der Waals surface area contributed by atoms with E-state index in [9.17, 15) is 4.79 Å². The van der Waals surface area contributed by atoms with E-state index in [-0.39, 0.29) is 18.0 Å². The molecule has 1 aliphatic rings. The highest BCUT2D eigenvalue weighted by Gasteiger charge is 2.43. The Kier molecular flexibility index (Phi) is 4.19. The molecule has 1 aromatic carbocycles. The van der Waals surface area contributed by atoms with E-state index in [0.29, 0.717) is 0 Å². The number of hydrogen-bond acceptors (Lipinski definition) is 2. The van der Waals surface area contributed by atoms with Gasteiger partial charge in [-0.15, -0.1) is 0 Å². The van der Waals surface area contributed by atoms with E-state index in [1.54, 1.807) is 0 Å². The highest BCUT2D eigenvalue weighted by atomic mass is 16.2. The topological polar surface area (TPSA) is 55.1 Å². The number of nitrogens with one attached hydrogen (secondary N) is 1. The van der Waals surface area contributed by atoms with Gasteiger partial charge in [0.1, 0.15) is 0 Å². The molecule has 0 aliphatic heterocycles. The monoisotopic (exact) mass is 274 g/mol. The summed E-state index contributed by atoms with van der Waals surface area (Å²) in [4.78, 5) is 12.5. The Bertz CT molecular complexity index is 512. The van der Waals surface area contributed by atoms with Crippen LogP contribution in [0.1, 0.15) is 55.8 Å². The molecule has 3 heteroatoms. The van der Waals surface area contributed by atoms with Crippen molar-refractivity contribution in [2.75, 3.05) is 0 Å². The first-order valence-corrected chi connectivity index (χ1v) is 7.48. The minimum Gasteiger partial charge on any atom is -0.349 e. The lowest BCUT2D eigenvalue weighted by molar-refractivity contribution is -0.131. The van der Waals surface area contributed by atoms with Crippen molar-refractivity contribution in [2.45, 2.75) is 59.0 Å². The molecule has 3 unspecified atom stereocenters. The summed E-state index contributed by atoms with van der Waals surface area (Å²) in [7, 11) is 0. The summed E-state index contributed by atoms with van der Waals surface area (Å²) in [5.41, 5.74) is 9.35. The van der Waals surface area contributed by atoms with Crippen molar-refractivity contribution in [2.24, 2.45) is 11.1 Å². The van der Waals surface area contributed by atoms with Crippen molar-refractivity contribution in [3.8, 4) is 0 Å². The normalized spacial score (nSPS) is 27.4. The number of rotatable bonds is 3. The first-order chi connectivity index (χ1) is 9.34. The molecule has 0 spiro atoms. The van der Waals surface area contributed by atoms with Crippen LogP contribution in [0, 0.1) is 19.3 Å². The predicted octanol–water partition coefficient (Wildman–Crippen LogP) is 3.00. The van der Waals surface area contributed by atoms with Crippen molar-refractivity contribution in [3.05, 3.63) is 34.9 Å². The van der Waals surface area contributed by atoms with Gasteiger partial charge in [0, 0.05) is 6.04 Å². The van der Waals surface area contributed by atoms with Crippen LogP contribution >= 0.6 is 0 Å². The molecule has 2 rings (SSSR count). The Morgan fingerprint density at radius 1 is 1.45 bits per heavy atom. The van der Waals surface area contributed by atoms with Crippen molar-refractivity contribution >= 4 is 5.91 Å². The zero-order valence-electron chi connectivity index (χ0n) is 13.0. The van der Waals surface area contributed by atoms with Gasteiger partial charge in [0.25, 0.3) is 0 Å². The van der Waals surface area contributed by atoms with E-state index in [2.05, 4.69) is 37.4 Å². The molecule has 3 N–H and O–H groups in total. The Labute approximate surface area is 121 Å². The molecule has 0 aromatic heterocycles. The number of nitrogens with two attached hydrogens (primary N) is 1. The van der Waals surface area contributed by atoms with Crippen LogP contribution < -0.4 is 11.1 Å². The summed E-state index contributed by atoms with van der Waals surface area (Å²) in [5, 5.41) is 3.15. The maximum absolute atomic E-state index is 12.5. The number of aryl methyl sites for hydroxylation is 2. The summed E-state index contributed by atoms with van der Waals surface area (Å²) in [6.07, 6.45) is 2.88. The van der Waals surface area contributed by atoms with Crippen LogP contribution in [0.4, 0.5) is 0 Å². The number of amides is 1. The van der Waals surface area contributed by atoms with Crippen molar-refractivity contribution in [1.82, 2.24) is 5.32 Å². The number of carbonyl (C=O) groups excluding carboxylic acids is 1. The van der Waals surface area contributed by atoms with Gasteiger partial charge in [-0.3, -0.25) is 4.79 Å². The van der Waals surface area contributed by atoms with Gasteiger partial charge in [-0.1, -0.05) is 30.2 Å². The quantitative estimate of drug-likeness (QED) is 0.890. The van der Waals surface area contributed by atoms with Gasteiger partial charge in [-0.25, -0.2) is 0 Å². The fraction of sp³-hybridized carbons (Fsp3) is 0.588. The van der Waals surface area contributed by atoms with Gasteiger partial charge in [0.2, 0.25) is 5.91 Å². The van der Waals surface area contributed by atoms with E-state index in [0.717, 1.165) is 19.3 Å². The molecular formula is C17H26N2O. The number of benzene rings is 1. The molecule has 0 bridgehead atoms. The Balaban J connectivity index is 2.11. The molecule has 1 fully saturated rings. The van der Waals surface area contributed by atoms with Crippen LogP contribution in [0.15, 0.2) is 18.2 Å². The second-order valence-electron chi connectivity index (χ2n) is 6.47. The average Bonchev–Trinajstić information content (AvgIpc) is 2.70. The fourth-order valence-electron chi connectivity index (χ4n) is 3.23. The summed E-state index contributed by atoms with van der Waals surface area (Å²) in [6, 6.07) is 6.35. The van der Waals surface area contributed by atoms with Gasteiger partial charge in [0.05, 0.1) is 11.5 Å². The zero-order chi connectivity index (χ0) is 14.9. The van der Waals surface area contributed by atoms with Gasteiger partial charge < -0.3 is 11.1 Å². The van der Waals surface area contributed by atoms with E-state index in [4.69, 9.17) is 5.73 Å². The van der Waals surface area contributed by atoms with Crippen molar-refractivity contribution in [3.63, 3.8) is 0 Å². The Hall–Kier alpha value is -1.35. The number of hydrogen-bond donors (Lipinski definition) is 2. The molecule has 1 amide bonds. The largest absolute Gasteiger partial charge is 0.349 e. The Morgan fingerprint density at radius 2 is 2.15 bits per heavy atom. The molecule has 20 heavy (non-hydrogen) atoms. The van der Waals surface area contributed by atoms with Crippen LogP contribution in [0.3, 0.4) is 0 Å². The first-order valence-electron chi connectivity index (χ1n) is 7.48. The molecule has 3 nitrogen and oxygen atoms in total. The molecule has 1 saturated carbocycles. The Morgan fingerprint density at radius 3 is 2.70 bits per heavy atom. The van der Waals surface area contributed by atoms with Gasteiger partial charge >= 0.3 is 0 Å². The third kappa shape index (κ3) is 2.73. The van der Waals surface area contributed by atoms with E-state index in [1.807, 2.05) is 13.8 Å². The molecule has 0 saturated heterocycles. The summed E-state index contributed by atoms with van der Waals surface area (Å²) < 4.78 is 0. The van der Waals surface area contributed by atoms with Crippen LogP contribution in [-0.2, 0) is 4.79 Å². The second-order valence-corrected chi connectivity index (χ2v) is 6.47. The zero-order valence-corrected chi connectivity index (χ0v) is 13.0. The van der Waals surface area contributed by atoms with Crippen molar-refractivity contribution < 1.29 is 4.79 Å². The first kappa shape index (κ1) is 15.0. The molecular weight excluding hydrogens is 248 g/mol. The standard InChI is InChI=1S/C17H26N2O/c1-11-7-8-14(12(2)10-11)13(3)19-16(20)17(4)9-5-6-15(17)18/h7-8,10,13,15H,5-6,9,18H2,1-4H3,(H,19,20). The molecule has 1 aliphatic carbocycles. The summed E-state index contributed by atoms with van der Waals surface area (Å²) in [5.74, 6) is 0.0926. The van der Waals surface area contributed by atoms with Crippen LogP contribution in [0.5, 0.6) is 0 Å². The molecule has 110 valence electrons. The van der Waals surface area contributed by atoms with Crippen LogP contribution in [-0.4, -0.2) is 11.9 Å². The lowest BCUT2D eigenvalue weighted by Crippen LogP contribution is -2.48. The second kappa shape index (κ2) is 5.57. The summed E-state index contributed by atoms with van der Waals surface area (Å²) in [6.45, 7) is 8.21. The summed E-state index contributed by atoms with van der Waals surface area (Å²) >= 11 is 0. The maximum atomic E-state index is 12.5. The minimum atomic E-state index is -0.410. The average molecular weight is 274 g/mol. The highest BCUT2D eigenvalue weighted by molar-refractivity contribution is 5.83. The third-order valence-electron chi connectivity index (χ3n) is 4.79. The van der Waals surface area contributed by atoms with Crippen LogP contribution in [0.2, 0.25) is 0 Å². The van der Waals surface area contributed by atoms with Gasteiger partial charge in [-0.05, 0) is 51.7 Å². The molecule has 1 aromatic rings. The van der Waals surface area contributed by atoms with Gasteiger partial charge in [0.15, 0.2) is 0 Å². The molecule has 0 radical (unpaired) electrons. The lowest BCUT2D eigenvalue weighted by Gasteiger charge is -2.30. The van der Waals surface area contributed by atoms with Gasteiger partial charge in [-0.2, -0.15) is 0 Å². The van der Waals surface area contributed by atoms with E-state index >= 15 is 0 Å². The van der Waals surface area contributed by atoms with E-state index < -0.39 is 5.41 Å². The fourth-order valence-corrected chi connectivity index (χ4v) is 3.23. The van der Waals surface area contributed by atoms with Crippen LogP contribution in [0.25, 0.3) is 0 Å². The third-order valence-corrected chi connectivity index (χ3v) is 4.79. The number of carbonyl (C=O) groups is 1.